The number of para-hydroxylation sites is 1. The van der Waals surface area contributed by atoms with Crippen LogP contribution in [-0.4, -0.2) is 68.3 Å². The molecule has 0 N–H and O–H groups in total. The van der Waals surface area contributed by atoms with Crippen molar-refractivity contribution >= 4 is 5.91 Å². The smallest absolute Gasteiger partial charge is 0.227 e. The first-order chi connectivity index (χ1) is 11.7. The normalized spacial score (nSPS) is 22.4. The summed E-state index contributed by atoms with van der Waals surface area (Å²) >= 11 is 0. The highest BCUT2D eigenvalue weighted by Gasteiger charge is 2.29. The number of amides is 1. The van der Waals surface area contributed by atoms with Gasteiger partial charge in [0.2, 0.25) is 5.91 Å². The summed E-state index contributed by atoms with van der Waals surface area (Å²) in [5.41, 5.74) is 0. The maximum Gasteiger partial charge on any atom is 0.227 e. The van der Waals surface area contributed by atoms with Crippen molar-refractivity contribution in [1.29, 1.82) is 0 Å². The summed E-state index contributed by atoms with van der Waals surface area (Å²) in [7, 11) is 0. The molecule has 1 unspecified atom stereocenters. The Bertz CT molecular complexity index is 549. The number of likely N-dealkylation sites (tertiary alicyclic amines) is 1. The molecule has 132 valence electrons. The molecular formula is C18H25FN2O3. The molecule has 0 radical (unpaired) electrons. The van der Waals surface area contributed by atoms with Crippen LogP contribution in [0.3, 0.4) is 0 Å². The Morgan fingerprint density at radius 3 is 2.83 bits per heavy atom. The van der Waals surface area contributed by atoms with Gasteiger partial charge in [-0.3, -0.25) is 9.69 Å². The van der Waals surface area contributed by atoms with Crippen LogP contribution in [0.4, 0.5) is 4.39 Å². The van der Waals surface area contributed by atoms with E-state index in [1.54, 1.807) is 18.2 Å². The summed E-state index contributed by atoms with van der Waals surface area (Å²) in [4.78, 5) is 16.8. The Morgan fingerprint density at radius 1 is 1.25 bits per heavy atom. The lowest BCUT2D eigenvalue weighted by molar-refractivity contribution is -0.141. The lowest BCUT2D eigenvalue weighted by atomic mass is 9.96. The van der Waals surface area contributed by atoms with Crippen molar-refractivity contribution in [3.05, 3.63) is 30.1 Å². The van der Waals surface area contributed by atoms with E-state index in [0.717, 1.165) is 25.9 Å². The molecular weight excluding hydrogens is 311 g/mol. The second-order valence-corrected chi connectivity index (χ2v) is 6.36. The van der Waals surface area contributed by atoms with Crippen molar-refractivity contribution in [2.75, 3.05) is 52.5 Å². The molecule has 1 atom stereocenters. The zero-order valence-corrected chi connectivity index (χ0v) is 14.0. The maximum absolute atomic E-state index is 13.5. The van der Waals surface area contributed by atoms with Crippen molar-refractivity contribution < 1.29 is 18.7 Å². The first-order valence-corrected chi connectivity index (χ1v) is 8.70. The van der Waals surface area contributed by atoms with Crippen LogP contribution in [0.25, 0.3) is 0 Å². The zero-order valence-electron chi connectivity index (χ0n) is 14.0. The number of piperidine rings is 1. The number of morpholine rings is 1. The van der Waals surface area contributed by atoms with Crippen molar-refractivity contribution in [1.82, 2.24) is 9.80 Å². The molecule has 6 heteroatoms. The van der Waals surface area contributed by atoms with Gasteiger partial charge in [-0.05, 0) is 31.5 Å². The van der Waals surface area contributed by atoms with Gasteiger partial charge in [0.05, 0.1) is 19.1 Å². The fourth-order valence-corrected chi connectivity index (χ4v) is 3.35. The molecule has 2 heterocycles. The van der Waals surface area contributed by atoms with Crippen LogP contribution in [0.1, 0.15) is 12.8 Å². The minimum atomic E-state index is -0.337. The number of nitrogens with zero attached hydrogens (tertiary/aromatic N) is 2. The number of halogens is 1. The van der Waals surface area contributed by atoms with E-state index < -0.39 is 0 Å². The highest BCUT2D eigenvalue weighted by Crippen LogP contribution is 2.20. The molecule has 0 aliphatic carbocycles. The molecule has 2 saturated heterocycles. The van der Waals surface area contributed by atoms with Gasteiger partial charge < -0.3 is 14.4 Å². The lowest BCUT2D eigenvalue weighted by Crippen LogP contribution is -2.48. The van der Waals surface area contributed by atoms with Gasteiger partial charge in [0.1, 0.15) is 6.61 Å². The molecule has 0 bridgehead atoms. The second-order valence-electron chi connectivity index (χ2n) is 6.36. The number of rotatable bonds is 5. The maximum atomic E-state index is 13.5. The van der Waals surface area contributed by atoms with Crippen molar-refractivity contribution in [3.8, 4) is 5.75 Å². The molecule has 0 aromatic heterocycles. The third kappa shape index (κ3) is 4.45. The van der Waals surface area contributed by atoms with Crippen molar-refractivity contribution in [2.45, 2.75) is 12.8 Å². The summed E-state index contributed by atoms with van der Waals surface area (Å²) in [6.07, 6.45) is 1.96. The fraction of sp³-hybridized carbons (Fsp3) is 0.611. The topological polar surface area (TPSA) is 42.0 Å². The Morgan fingerprint density at radius 2 is 2.04 bits per heavy atom. The molecule has 1 aromatic carbocycles. The molecule has 2 aliphatic heterocycles. The minimum Gasteiger partial charge on any atom is -0.489 e. The van der Waals surface area contributed by atoms with E-state index >= 15 is 0 Å². The highest BCUT2D eigenvalue weighted by molar-refractivity contribution is 5.79. The molecule has 2 aliphatic rings. The summed E-state index contributed by atoms with van der Waals surface area (Å²) in [6.45, 7) is 5.54. The van der Waals surface area contributed by atoms with E-state index in [1.807, 2.05) is 4.90 Å². The monoisotopic (exact) mass is 336 g/mol. The third-order valence-corrected chi connectivity index (χ3v) is 4.68. The third-order valence-electron chi connectivity index (χ3n) is 4.68. The minimum absolute atomic E-state index is 0.0605. The lowest BCUT2D eigenvalue weighted by Gasteiger charge is -2.36. The van der Waals surface area contributed by atoms with Gasteiger partial charge in [-0.1, -0.05) is 12.1 Å². The number of hydrogen-bond acceptors (Lipinski definition) is 4. The standard InChI is InChI=1S/C18H25FN2O3/c19-16-5-1-2-6-17(16)24-13-8-20-7-3-4-15(14-20)18(22)21-9-11-23-12-10-21/h1-2,5-6,15H,3-4,7-14H2. The Hall–Kier alpha value is -1.66. The summed E-state index contributed by atoms with van der Waals surface area (Å²) < 4.78 is 24.4. The van der Waals surface area contributed by atoms with E-state index in [2.05, 4.69) is 4.90 Å². The Labute approximate surface area is 142 Å². The zero-order chi connectivity index (χ0) is 16.8. The molecule has 5 nitrogen and oxygen atoms in total. The molecule has 24 heavy (non-hydrogen) atoms. The van der Waals surface area contributed by atoms with Gasteiger partial charge >= 0.3 is 0 Å². The van der Waals surface area contributed by atoms with Crippen LogP contribution in [0.2, 0.25) is 0 Å². The van der Waals surface area contributed by atoms with Gasteiger partial charge in [-0.2, -0.15) is 0 Å². The van der Waals surface area contributed by atoms with E-state index in [1.165, 1.54) is 6.07 Å². The average molecular weight is 336 g/mol. The number of hydrogen-bond donors (Lipinski definition) is 0. The Kier molecular flexibility index (Phi) is 6.04. The van der Waals surface area contributed by atoms with Crippen LogP contribution >= 0.6 is 0 Å². The van der Waals surface area contributed by atoms with Crippen LogP contribution in [0.15, 0.2) is 24.3 Å². The van der Waals surface area contributed by atoms with Crippen LogP contribution in [0.5, 0.6) is 5.75 Å². The number of carbonyl (C=O) groups is 1. The first-order valence-electron chi connectivity index (χ1n) is 8.70. The molecule has 1 aromatic rings. The SMILES string of the molecule is O=C(C1CCCN(CCOc2ccccc2F)C1)N1CCOCC1. The summed E-state index contributed by atoms with van der Waals surface area (Å²) in [5, 5.41) is 0. The average Bonchev–Trinajstić information content (AvgIpc) is 2.64. The second kappa shape index (κ2) is 8.44. The van der Waals surface area contributed by atoms with E-state index in [0.29, 0.717) is 39.5 Å². The molecule has 2 fully saturated rings. The quantitative estimate of drug-likeness (QED) is 0.822. The van der Waals surface area contributed by atoms with Gasteiger partial charge in [0.15, 0.2) is 11.6 Å². The van der Waals surface area contributed by atoms with Gasteiger partial charge in [0.25, 0.3) is 0 Å². The fourth-order valence-electron chi connectivity index (χ4n) is 3.35. The first kappa shape index (κ1) is 17.2. The van der Waals surface area contributed by atoms with Crippen LogP contribution in [0, 0.1) is 11.7 Å². The predicted molar refractivity (Wildman–Crippen MR) is 88.5 cm³/mol. The van der Waals surface area contributed by atoms with E-state index in [9.17, 15) is 9.18 Å². The van der Waals surface area contributed by atoms with E-state index in [-0.39, 0.29) is 23.4 Å². The molecule has 0 spiro atoms. The molecule has 3 rings (SSSR count). The van der Waals surface area contributed by atoms with E-state index in [4.69, 9.17) is 9.47 Å². The molecule has 1 amide bonds. The largest absolute Gasteiger partial charge is 0.489 e. The van der Waals surface area contributed by atoms with Crippen molar-refractivity contribution in [2.24, 2.45) is 5.92 Å². The number of benzene rings is 1. The number of ether oxygens (including phenoxy) is 2. The number of carbonyl (C=O) groups excluding carboxylic acids is 1. The predicted octanol–water partition coefficient (Wildman–Crippen LogP) is 1.78. The highest BCUT2D eigenvalue weighted by atomic mass is 19.1. The Balaban J connectivity index is 1.45. The summed E-state index contributed by atoms with van der Waals surface area (Å²) in [5.74, 6) is 0.260. The van der Waals surface area contributed by atoms with Crippen LogP contribution in [-0.2, 0) is 9.53 Å². The van der Waals surface area contributed by atoms with Crippen LogP contribution < -0.4 is 4.74 Å². The van der Waals surface area contributed by atoms with Gasteiger partial charge in [0, 0.05) is 26.2 Å². The summed E-state index contributed by atoms with van der Waals surface area (Å²) in [6, 6.07) is 6.44. The molecule has 0 saturated carbocycles. The van der Waals surface area contributed by atoms with Gasteiger partial charge in [-0.15, -0.1) is 0 Å². The van der Waals surface area contributed by atoms with Crippen molar-refractivity contribution in [3.63, 3.8) is 0 Å². The van der Waals surface area contributed by atoms with Gasteiger partial charge in [-0.25, -0.2) is 4.39 Å².